The number of fused-ring (bicyclic) bond motifs is 1. The highest BCUT2D eigenvalue weighted by atomic mass is 16.5. The van der Waals surface area contributed by atoms with Gasteiger partial charge in [0.1, 0.15) is 11.3 Å². The summed E-state index contributed by atoms with van der Waals surface area (Å²) in [7, 11) is 3.15. The van der Waals surface area contributed by atoms with Gasteiger partial charge in [-0.25, -0.2) is 0 Å². The number of nitrogens with zero attached hydrogens (tertiary/aromatic N) is 3. The van der Waals surface area contributed by atoms with Gasteiger partial charge in [0.2, 0.25) is 5.91 Å². The van der Waals surface area contributed by atoms with Crippen LogP contribution in [0.25, 0.3) is 0 Å². The highest BCUT2D eigenvalue weighted by Crippen LogP contribution is 2.33. The molecule has 1 heterocycles. The fraction of sp³-hybridized carbons (Fsp3) is 0.471. The number of carbonyl (C=O) groups excluding carboxylic acids is 2. The lowest BCUT2D eigenvalue weighted by atomic mass is 10.1. The maximum absolute atomic E-state index is 12.6. The van der Waals surface area contributed by atoms with Gasteiger partial charge in [-0.15, -0.1) is 0 Å². The number of likely N-dealkylation sites (N-methyl/N-ethyl adjacent to an activating group) is 2. The SMILES string of the molecule is CNC(=O)[C@H]1CN(CC(=O)N(C)C(C)(C)C#N)c2ccccc2O1. The smallest absolute Gasteiger partial charge is 0.262 e. The topological polar surface area (TPSA) is 85.7 Å². The molecule has 0 aliphatic carbocycles. The summed E-state index contributed by atoms with van der Waals surface area (Å²) in [6, 6.07) is 9.39. The molecule has 0 aromatic heterocycles. The third kappa shape index (κ3) is 3.43. The molecule has 1 aliphatic heterocycles. The molecule has 0 radical (unpaired) electrons. The van der Waals surface area contributed by atoms with Crippen LogP contribution in [0.2, 0.25) is 0 Å². The molecule has 7 heteroatoms. The predicted molar refractivity (Wildman–Crippen MR) is 89.6 cm³/mol. The van der Waals surface area contributed by atoms with Crippen molar-refractivity contribution in [1.82, 2.24) is 10.2 Å². The third-order valence-corrected chi connectivity index (χ3v) is 4.21. The van der Waals surface area contributed by atoms with Crippen LogP contribution in [-0.4, -0.2) is 55.5 Å². The molecule has 2 rings (SSSR count). The summed E-state index contributed by atoms with van der Waals surface area (Å²) < 4.78 is 5.71. The molecule has 128 valence electrons. The van der Waals surface area contributed by atoms with E-state index < -0.39 is 11.6 Å². The first kappa shape index (κ1) is 17.6. The normalized spacial score (nSPS) is 16.5. The van der Waals surface area contributed by atoms with Crippen molar-refractivity contribution in [2.45, 2.75) is 25.5 Å². The molecule has 7 nitrogen and oxygen atoms in total. The van der Waals surface area contributed by atoms with E-state index in [0.717, 1.165) is 5.69 Å². The Bertz CT molecular complexity index is 681. The molecule has 1 aliphatic rings. The van der Waals surface area contributed by atoms with Crippen LogP contribution in [0.5, 0.6) is 5.75 Å². The minimum atomic E-state index is -0.900. The zero-order valence-electron chi connectivity index (χ0n) is 14.4. The van der Waals surface area contributed by atoms with Gasteiger partial charge in [-0.05, 0) is 26.0 Å². The summed E-state index contributed by atoms with van der Waals surface area (Å²) >= 11 is 0. The van der Waals surface area contributed by atoms with Gasteiger partial charge < -0.3 is 19.9 Å². The first-order valence-corrected chi connectivity index (χ1v) is 7.70. The van der Waals surface area contributed by atoms with E-state index >= 15 is 0 Å². The van der Waals surface area contributed by atoms with E-state index in [0.29, 0.717) is 5.75 Å². The number of anilines is 1. The Kier molecular flexibility index (Phi) is 4.98. The number of hydrogen-bond acceptors (Lipinski definition) is 5. The molecule has 1 N–H and O–H groups in total. The molecule has 0 fully saturated rings. The second-order valence-corrected chi connectivity index (χ2v) is 6.19. The van der Waals surface area contributed by atoms with Crippen LogP contribution in [0, 0.1) is 11.3 Å². The second kappa shape index (κ2) is 6.79. The van der Waals surface area contributed by atoms with Crippen molar-refractivity contribution >= 4 is 17.5 Å². The number of hydrogen-bond donors (Lipinski definition) is 1. The van der Waals surface area contributed by atoms with E-state index in [1.807, 2.05) is 23.1 Å². The molecule has 0 unspecified atom stereocenters. The minimum Gasteiger partial charge on any atom is -0.477 e. The summed E-state index contributed by atoms with van der Waals surface area (Å²) in [5.41, 5.74) is -0.141. The van der Waals surface area contributed by atoms with Gasteiger partial charge in [-0.1, -0.05) is 12.1 Å². The van der Waals surface area contributed by atoms with E-state index in [1.165, 1.54) is 4.90 Å². The number of amides is 2. The van der Waals surface area contributed by atoms with Crippen molar-refractivity contribution < 1.29 is 14.3 Å². The molecule has 1 atom stereocenters. The molecule has 2 amide bonds. The summed E-state index contributed by atoms with van der Waals surface area (Å²) in [6.45, 7) is 3.70. The predicted octanol–water partition coefficient (Wildman–Crippen LogP) is 0.761. The lowest BCUT2D eigenvalue weighted by Crippen LogP contribution is -2.53. The molecule has 0 saturated heterocycles. The molecular formula is C17H22N4O3. The van der Waals surface area contributed by atoms with E-state index in [4.69, 9.17) is 4.74 Å². The molecule has 0 saturated carbocycles. The maximum atomic E-state index is 12.6. The Morgan fingerprint density at radius 3 is 2.75 bits per heavy atom. The van der Waals surface area contributed by atoms with Crippen molar-refractivity contribution in [3.8, 4) is 11.8 Å². The van der Waals surface area contributed by atoms with Crippen LogP contribution in [0.3, 0.4) is 0 Å². The summed E-state index contributed by atoms with van der Waals surface area (Å²) in [5.74, 6) is 0.119. The van der Waals surface area contributed by atoms with Crippen molar-refractivity contribution in [3.05, 3.63) is 24.3 Å². The van der Waals surface area contributed by atoms with Crippen LogP contribution in [-0.2, 0) is 9.59 Å². The van der Waals surface area contributed by atoms with Crippen molar-refractivity contribution in [2.24, 2.45) is 0 Å². The number of nitrogens with one attached hydrogen (secondary N) is 1. The average Bonchev–Trinajstić information content (AvgIpc) is 2.59. The highest BCUT2D eigenvalue weighted by Gasteiger charge is 2.33. The standard InChI is InChI=1S/C17H22N4O3/c1-17(2,11-18)20(4)15(22)10-21-9-14(16(23)19-3)24-13-8-6-5-7-12(13)21/h5-8,14H,9-10H2,1-4H3,(H,19,23)/t14-/m1/s1. The third-order valence-electron chi connectivity index (χ3n) is 4.21. The van der Waals surface area contributed by atoms with E-state index in [2.05, 4.69) is 11.4 Å². The van der Waals surface area contributed by atoms with Gasteiger partial charge in [0, 0.05) is 14.1 Å². The Balaban J connectivity index is 2.24. The van der Waals surface area contributed by atoms with Crippen molar-refractivity contribution in [1.29, 1.82) is 5.26 Å². The second-order valence-electron chi connectivity index (χ2n) is 6.19. The quantitative estimate of drug-likeness (QED) is 0.881. The van der Waals surface area contributed by atoms with Gasteiger partial charge in [-0.3, -0.25) is 9.59 Å². The van der Waals surface area contributed by atoms with Gasteiger partial charge >= 0.3 is 0 Å². The van der Waals surface area contributed by atoms with E-state index in [1.54, 1.807) is 34.0 Å². The fourth-order valence-electron chi connectivity index (χ4n) is 2.41. The molecule has 0 spiro atoms. The number of rotatable bonds is 4. The van der Waals surface area contributed by atoms with Crippen molar-refractivity contribution in [2.75, 3.05) is 32.1 Å². The number of ether oxygens (including phenoxy) is 1. The van der Waals surface area contributed by atoms with Crippen LogP contribution in [0.15, 0.2) is 24.3 Å². The Morgan fingerprint density at radius 1 is 1.46 bits per heavy atom. The maximum Gasteiger partial charge on any atom is 0.262 e. The van der Waals surface area contributed by atoms with Gasteiger partial charge in [-0.2, -0.15) is 5.26 Å². The molecule has 1 aromatic carbocycles. The highest BCUT2D eigenvalue weighted by molar-refractivity contribution is 5.86. The molecular weight excluding hydrogens is 308 g/mol. The van der Waals surface area contributed by atoms with E-state index in [-0.39, 0.29) is 24.9 Å². The van der Waals surface area contributed by atoms with Gasteiger partial charge in [0.25, 0.3) is 5.91 Å². The number of carbonyl (C=O) groups is 2. The Hall–Kier alpha value is -2.75. The lowest BCUT2D eigenvalue weighted by molar-refractivity contribution is -0.132. The first-order valence-electron chi connectivity index (χ1n) is 7.70. The van der Waals surface area contributed by atoms with Crippen LogP contribution in [0.4, 0.5) is 5.69 Å². The largest absolute Gasteiger partial charge is 0.477 e. The van der Waals surface area contributed by atoms with Crippen LogP contribution >= 0.6 is 0 Å². The van der Waals surface area contributed by atoms with E-state index in [9.17, 15) is 14.9 Å². The summed E-state index contributed by atoms with van der Waals surface area (Å²) in [5, 5.41) is 11.8. The Morgan fingerprint density at radius 2 is 2.12 bits per heavy atom. The van der Waals surface area contributed by atoms with Crippen LogP contribution < -0.4 is 15.0 Å². The fourth-order valence-corrected chi connectivity index (χ4v) is 2.41. The molecule has 24 heavy (non-hydrogen) atoms. The summed E-state index contributed by atoms with van der Waals surface area (Å²) in [6.07, 6.45) is -0.688. The summed E-state index contributed by atoms with van der Waals surface area (Å²) in [4.78, 5) is 27.7. The van der Waals surface area contributed by atoms with Crippen molar-refractivity contribution in [3.63, 3.8) is 0 Å². The zero-order chi connectivity index (χ0) is 17.9. The lowest BCUT2D eigenvalue weighted by Gasteiger charge is -2.37. The molecule has 1 aromatic rings. The number of para-hydroxylation sites is 2. The average molecular weight is 330 g/mol. The minimum absolute atomic E-state index is 0.0650. The van der Waals surface area contributed by atoms with Gasteiger partial charge in [0.05, 0.1) is 24.8 Å². The number of nitriles is 1. The number of benzene rings is 1. The molecule has 0 bridgehead atoms. The van der Waals surface area contributed by atoms with Crippen LogP contribution in [0.1, 0.15) is 13.8 Å². The zero-order valence-corrected chi connectivity index (χ0v) is 14.4. The Labute approximate surface area is 141 Å². The first-order chi connectivity index (χ1) is 11.3. The van der Waals surface area contributed by atoms with Gasteiger partial charge in [0.15, 0.2) is 6.10 Å². The monoisotopic (exact) mass is 330 g/mol.